The SMILES string of the molecule is CC1CC23CC1C(C)(C)C2C(=O)CCC3(C)C. The third kappa shape index (κ3) is 1.14. The van der Waals surface area contributed by atoms with Gasteiger partial charge in [-0.15, -0.1) is 0 Å². The minimum atomic E-state index is 0.242. The van der Waals surface area contributed by atoms with Crippen molar-refractivity contribution in [1.29, 1.82) is 0 Å². The van der Waals surface area contributed by atoms with Crippen LogP contribution in [0.2, 0.25) is 0 Å². The van der Waals surface area contributed by atoms with Gasteiger partial charge in [-0.3, -0.25) is 4.79 Å². The Labute approximate surface area is 105 Å². The van der Waals surface area contributed by atoms with E-state index in [2.05, 4.69) is 34.6 Å². The largest absolute Gasteiger partial charge is 0.299 e. The number of carbonyl (C=O) groups excluding carboxylic acids is 1. The van der Waals surface area contributed by atoms with Crippen LogP contribution in [0.25, 0.3) is 0 Å². The number of hydrogen-bond acceptors (Lipinski definition) is 1. The Hall–Kier alpha value is -0.330. The molecule has 96 valence electrons. The van der Waals surface area contributed by atoms with Crippen LogP contribution in [-0.4, -0.2) is 5.78 Å². The molecular weight excluding hydrogens is 208 g/mol. The molecule has 0 aromatic heterocycles. The topological polar surface area (TPSA) is 17.1 Å². The zero-order valence-electron chi connectivity index (χ0n) is 12.0. The Bertz CT molecular complexity index is 379. The molecule has 4 unspecified atom stereocenters. The highest BCUT2D eigenvalue weighted by Crippen LogP contribution is 2.75. The van der Waals surface area contributed by atoms with Crippen molar-refractivity contribution in [3.63, 3.8) is 0 Å². The van der Waals surface area contributed by atoms with Gasteiger partial charge in [-0.2, -0.15) is 0 Å². The van der Waals surface area contributed by atoms with Gasteiger partial charge in [-0.1, -0.05) is 34.6 Å². The molecule has 0 saturated heterocycles. The van der Waals surface area contributed by atoms with E-state index in [9.17, 15) is 4.79 Å². The number of hydrogen-bond donors (Lipinski definition) is 0. The molecule has 3 saturated carbocycles. The Morgan fingerprint density at radius 1 is 1.12 bits per heavy atom. The van der Waals surface area contributed by atoms with Crippen LogP contribution in [0, 0.1) is 34.0 Å². The van der Waals surface area contributed by atoms with Crippen molar-refractivity contribution in [3.05, 3.63) is 0 Å². The number of Topliss-reactive ketones (excluding diaryl/α,β-unsaturated/α-hetero) is 1. The second-order valence-corrected chi connectivity index (χ2v) is 8.25. The Morgan fingerprint density at radius 2 is 1.76 bits per heavy atom. The van der Waals surface area contributed by atoms with Crippen LogP contribution < -0.4 is 0 Å². The maximum absolute atomic E-state index is 12.5. The van der Waals surface area contributed by atoms with E-state index in [-0.39, 0.29) is 5.41 Å². The summed E-state index contributed by atoms with van der Waals surface area (Å²) in [6.07, 6.45) is 4.54. The predicted molar refractivity (Wildman–Crippen MR) is 69.6 cm³/mol. The maximum Gasteiger partial charge on any atom is 0.137 e. The zero-order valence-corrected chi connectivity index (χ0v) is 12.0. The summed E-state index contributed by atoms with van der Waals surface area (Å²) in [6.45, 7) is 12.0. The molecular formula is C16H26O. The van der Waals surface area contributed by atoms with Gasteiger partial charge in [0.2, 0.25) is 0 Å². The van der Waals surface area contributed by atoms with E-state index < -0.39 is 0 Å². The first-order valence-corrected chi connectivity index (χ1v) is 7.25. The Morgan fingerprint density at radius 3 is 2.41 bits per heavy atom. The molecule has 1 spiro atoms. The van der Waals surface area contributed by atoms with Crippen LogP contribution in [0.5, 0.6) is 0 Å². The number of ketones is 1. The molecule has 0 amide bonds. The third-order valence-corrected chi connectivity index (χ3v) is 6.88. The lowest BCUT2D eigenvalue weighted by Crippen LogP contribution is -2.53. The van der Waals surface area contributed by atoms with Crippen molar-refractivity contribution in [2.24, 2.45) is 34.0 Å². The van der Waals surface area contributed by atoms with Crippen LogP contribution in [0.4, 0.5) is 0 Å². The van der Waals surface area contributed by atoms with Gasteiger partial charge < -0.3 is 0 Å². The highest BCUT2D eigenvalue weighted by Gasteiger charge is 2.71. The van der Waals surface area contributed by atoms with E-state index in [1.807, 2.05) is 0 Å². The second kappa shape index (κ2) is 2.97. The summed E-state index contributed by atoms with van der Waals surface area (Å²) in [5.74, 6) is 2.50. The number of carbonyl (C=O) groups is 1. The van der Waals surface area contributed by atoms with Gasteiger partial charge in [0.1, 0.15) is 5.78 Å². The van der Waals surface area contributed by atoms with Crippen LogP contribution in [0.1, 0.15) is 60.3 Å². The van der Waals surface area contributed by atoms with E-state index in [1.165, 1.54) is 12.8 Å². The third-order valence-electron chi connectivity index (χ3n) is 6.88. The average Bonchev–Trinajstić information content (AvgIpc) is 2.63. The van der Waals surface area contributed by atoms with Gasteiger partial charge in [-0.25, -0.2) is 0 Å². The standard InChI is InChI=1S/C16H26O/c1-10-8-16-9-11(10)15(4,5)13(16)12(17)6-7-14(16,2)3/h10-11,13H,6-9H2,1-5H3. The molecule has 0 radical (unpaired) electrons. The molecule has 1 nitrogen and oxygen atoms in total. The van der Waals surface area contributed by atoms with Gasteiger partial charge in [0.05, 0.1) is 0 Å². The monoisotopic (exact) mass is 234 g/mol. The van der Waals surface area contributed by atoms with Crippen LogP contribution in [-0.2, 0) is 4.79 Å². The molecule has 2 bridgehead atoms. The minimum Gasteiger partial charge on any atom is -0.299 e. The first-order chi connectivity index (χ1) is 7.72. The van der Waals surface area contributed by atoms with Crippen molar-refractivity contribution < 1.29 is 4.79 Å². The van der Waals surface area contributed by atoms with E-state index >= 15 is 0 Å². The summed E-state index contributed by atoms with van der Waals surface area (Å²) in [4.78, 5) is 12.5. The lowest BCUT2D eigenvalue weighted by Gasteiger charge is -2.55. The highest BCUT2D eigenvalue weighted by molar-refractivity contribution is 5.84. The van der Waals surface area contributed by atoms with Gasteiger partial charge in [0.25, 0.3) is 0 Å². The van der Waals surface area contributed by atoms with Gasteiger partial charge in [0, 0.05) is 12.3 Å². The number of fused-ring (bicyclic) bond motifs is 1. The fourth-order valence-electron chi connectivity index (χ4n) is 6.05. The lowest BCUT2D eigenvalue weighted by molar-refractivity contribution is -0.148. The smallest absolute Gasteiger partial charge is 0.137 e. The number of rotatable bonds is 0. The molecule has 0 heterocycles. The van der Waals surface area contributed by atoms with E-state index in [0.717, 1.165) is 24.7 Å². The fraction of sp³-hybridized carbons (Fsp3) is 0.938. The van der Waals surface area contributed by atoms with Crippen molar-refractivity contribution in [2.75, 3.05) is 0 Å². The van der Waals surface area contributed by atoms with Gasteiger partial charge >= 0.3 is 0 Å². The van der Waals surface area contributed by atoms with E-state index in [4.69, 9.17) is 0 Å². The second-order valence-electron chi connectivity index (χ2n) is 8.25. The molecule has 17 heavy (non-hydrogen) atoms. The Balaban J connectivity index is 2.15. The summed E-state index contributed by atoms with van der Waals surface area (Å²) < 4.78 is 0. The summed E-state index contributed by atoms with van der Waals surface area (Å²) in [5.41, 5.74) is 0.935. The summed E-state index contributed by atoms with van der Waals surface area (Å²) >= 11 is 0. The molecule has 3 fully saturated rings. The van der Waals surface area contributed by atoms with E-state index in [0.29, 0.717) is 22.5 Å². The molecule has 0 aromatic carbocycles. The molecule has 3 rings (SSSR count). The van der Waals surface area contributed by atoms with Crippen molar-refractivity contribution in [3.8, 4) is 0 Å². The minimum absolute atomic E-state index is 0.242. The Kier molecular flexibility index (Phi) is 2.05. The van der Waals surface area contributed by atoms with Gasteiger partial charge in [-0.05, 0) is 47.3 Å². The first-order valence-electron chi connectivity index (χ1n) is 7.25. The van der Waals surface area contributed by atoms with Crippen molar-refractivity contribution >= 4 is 5.78 Å². The molecule has 0 aliphatic heterocycles. The normalized spacial score (nSPS) is 50.4. The molecule has 1 heteroatoms. The maximum atomic E-state index is 12.5. The van der Waals surface area contributed by atoms with E-state index in [1.54, 1.807) is 0 Å². The molecule has 0 aromatic rings. The van der Waals surface area contributed by atoms with Crippen LogP contribution in [0.3, 0.4) is 0 Å². The summed E-state index contributed by atoms with van der Waals surface area (Å²) in [5, 5.41) is 0. The first kappa shape index (κ1) is 11.7. The predicted octanol–water partition coefficient (Wildman–Crippen LogP) is 4.06. The molecule has 3 aliphatic rings. The molecule has 4 atom stereocenters. The van der Waals surface area contributed by atoms with Crippen molar-refractivity contribution in [1.82, 2.24) is 0 Å². The van der Waals surface area contributed by atoms with Gasteiger partial charge in [0.15, 0.2) is 0 Å². The molecule has 0 N–H and O–H groups in total. The van der Waals surface area contributed by atoms with Crippen molar-refractivity contribution in [2.45, 2.75) is 60.3 Å². The highest BCUT2D eigenvalue weighted by atomic mass is 16.1. The molecule has 3 aliphatic carbocycles. The summed E-state index contributed by atoms with van der Waals surface area (Å²) in [7, 11) is 0. The lowest BCUT2D eigenvalue weighted by atomic mass is 9.47. The quantitative estimate of drug-likeness (QED) is 0.617. The summed E-state index contributed by atoms with van der Waals surface area (Å²) in [6, 6.07) is 0. The van der Waals surface area contributed by atoms with Crippen LogP contribution >= 0.6 is 0 Å². The van der Waals surface area contributed by atoms with Crippen LogP contribution in [0.15, 0.2) is 0 Å². The zero-order chi connectivity index (χ0) is 12.6. The fourth-order valence-corrected chi connectivity index (χ4v) is 6.05. The average molecular weight is 234 g/mol.